The molecular weight excluding hydrogens is 269 g/mol. The predicted octanol–water partition coefficient (Wildman–Crippen LogP) is 3.10. The van der Waals surface area contributed by atoms with Crippen molar-refractivity contribution in [1.29, 1.82) is 0 Å². The van der Waals surface area contributed by atoms with Crippen LogP contribution in [0.5, 0.6) is 5.75 Å². The zero-order valence-electron chi connectivity index (χ0n) is 10.7. The van der Waals surface area contributed by atoms with Gasteiger partial charge in [0.15, 0.2) is 0 Å². The Hall–Kier alpha value is -2.08. The van der Waals surface area contributed by atoms with Crippen LogP contribution in [0.3, 0.4) is 0 Å². The average Bonchev–Trinajstić information content (AvgIpc) is 2.41. The molecule has 2 N–H and O–H groups in total. The van der Waals surface area contributed by atoms with Gasteiger partial charge in [0.05, 0.1) is 17.8 Å². The van der Waals surface area contributed by atoms with Gasteiger partial charge in [-0.05, 0) is 11.6 Å². The number of rotatable bonds is 6. The Balaban J connectivity index is 2.73. The summed E-state index contributed by atoms with van der Waals surface area (Å²) in [7, 11) is 0. The second-order valence-corrected chi connectivity index (χ2v) is 3.93. The van der Waals surface area contributed by atoms with Gasteiger partial charge in [-0.3, -0.25) is 4.98 Å². The largest absolute Gasteiger partial charge is 0.490 e. The van der Waals surface area contributed by atoms with Crippen LogP contribution in [0.25, 0.3) is 0 Å². The zero-order valence-corrected chi connectivity index (χ0v) is 10.7. The topological polar surface area (TPSA) is 48.1 Å². The van der Waals surface area contributed by atoms with Crippen LogP contribution in [0.2, 0.25) is 0 Å². The van der Waals surface area contributed by atoms with Crippen molar-refractivity contribution in [3.8, 4) is 5.75 Å². The highest BCUT2D eigenvalue weighted by molar-refractivity contribution is 5.28. The van der Waals surface area contributed by atoms with Gasteiger partial charge in [-0.1, -0.05) is 31.4 Å². The Morgan fingerprint density at radius 3 is 2.65 bits per heavy atom. The van der Waals surface area contributed by atoms with E-state index in [1.54, 1.807) is 18.2 Å². The molecule has 0 aliphatic heterocycles. The lowest BCUT2D eigenvalue weighted by Crippen LogP contribution is -2.29. The highest BCUT2D eigenvalue weighted by Crippen LogP contribution is 2.30. The van der Waals surface area contributed by atoms with Gasteiger partial charge in [-0.2, -0.15) is 13.2 Å². The number of halogens is 3. The summed E-state index contributed by atoms with van der Waals surface area (Å²) in [6.07, 6.45) is 2.23. The number of pyridine rings is 1. The Labute approximate surface area is 115 Å². The van der Waals surface area contributed by atoms with Crippen LogP contribution in [0, 0.1) is 0 Å². The summed E-state index contributed by atoms with van der Waals surface area (Å²) in [5, 5.41) is 0. The van der Waals surface area contributed by atoms with Gasteiger partial charge in [-0.15, -0.1) is 0 Å². The Bertz CT molecular complexity index is 509. The fraction of sp³-hybridized carbons (Fsp3) is 0.214. The lowest BCUT2D eigenvalue weighted by Gasteiger charge is -2.14. The summed E-state index contributed by atoms with van der Waals surface area (Å²) < 4.78 is 42.7. The molecule has 0 saturated carbocycles. The van der Waals surface area contributed by atoms with Crippen molar-refractivity contribution in [3.05, 3.63) is 61.0 Å². The predicted molar refractivity (Wildman–Crippen MR) is 71.2 cm³/mol. The molecule has 1 atom stereocenters. The molecule has 1 aromatic heterocycles. The lowest BCUT2D eigenvalue weighted by atomic mass is 10.1. The van der Waals surface area contributed by atoms with Crippen LogP contribution >= 0.6 is 0 Å². The summed E-state index contributed by atoms with van der Waals surface area (Å²) >= 11 is 0. The van der Waals surface area contributed by atoms with E-state index in [2.05, 4.69) is 18.1 Å². The van der Waals surface area contributed by atoms with Crippen molar-refractivity contribution in [1.82, 2.24) is 4.98 Å². The van der Waals surface area contributed by atoms with Crippen molar-refractivity contribution >= 4 is 0 Å². The number of nitrogens with two attached hydrogens (primary N) is 1. The quantitative estimate of drug-likeness (QED) is 0.817. The highest BCUT2D eigenvalue weighted by atomic mass is 19.4. The van der Waals surface area contributed by atoms with Gasteiger partial charge in [0.25, 0.3) is 0 Å². The third-order valence-electron chi connectivity index (χ3n) is 2.44. The number of allylic oxidation sites excluding steroid dienone is 2. The van der Waals surface area contributed by atoms with Crippen LogP contribution in [0.1, 0.15) is 5.56 Å². The maximum absolute atomic E-state index is 12.5. The molecular formula is C14H15F3N2O. The Morgan fingerprint density at radius 1 is 1.40 bits per heavy atom. The number of alkyl halides is 3. The number of hydrogen-bond donors (Lipinski definition) is 1. The van der Waals surface area contributed by atoms with Crippen molar-refractivity contribution in [3.63, 3.8) is 0 Å². The highest BCUT2D eigenvalue weighted by Gasteiger charge is 2.31. The third kappa shape index (κ3) is 4.55. The SMILES string of the molecule is C=C/C=C(\C=C)C(N)COc1cncc(C(F)(F)F)c1. The summed E-state index contributed by atoms with van der Waals surface area (Å²) in [5.41, 5.74) is 5.65. The second-order valence-electron chi connectivity index (χ2n) is 3.93. The average molecular weight is 284 g/mol. The van der Waals surface area contributed by atoms with E-state index in [4.69, 9.17) is 10.5 Å². The van der Waals surface area contributed by atoms with E-state index in [-0.39, 0.29) is 12.4 Å². The van der Waals surface area contributed by atoms with Crippen molar-refractivity contribution in [2.75, 3.05) is 6.61 Å². The van der Waals surface area contributed by atoms with E-state index in [1.165, 1.54) is 6.20 Å². The molecule has 3 nitrogen and oxygen atoms in total. The summed E-state index contributed by atoms with van der Waals surface area (Å²) in [6, 6.07) is 0.366. The molecule has 0 spiro atoms. The summed E-state index contributed by atoms with van der Waals surface area (Å²) in [5.74, 6) is 0.0114. The van der Waals surface area contributed by atoms with E-state index < -0.39 is 17.8 Å². The van der Waals surface area contributed by atoms with Crippen molar-refractivity contribution in [2.24, 2.45) is 5.73 Å². The molecule has 1 aromatic rings. The van der Waals surface area contributed by atoms with Gasteiger partial charge in [0, 0.05) is 6.20 Å². The van der Waals surface area contributed by atoms with Crippen LogP contribution < -0.4 is 10.5 Å². The van der Waals surface area contributed by atoms with Gasteiger partial charge in [0.1, 0.15) is 12.4 Å². The van der Waals surface area contributed by atoms with E-state index in [9.17, 15) is 13.2 Å². The zero-order chi connectivity index (χ0) is 15.2. The molecule has 0 bridgehead atoms. The van der Waals surface area contributed by atoms with Gasteiger partial charge in [0.2, 0.25) is 0 Å². The Kier molecular flexibility index (Phi) is 5.52. The lowest BCUT2D eigenvalue weighted by molar-refractivity contribution is -0.137. The molecule has 0 saturated heterocycles. The number of nitrogens with zero attached hydrogens (tertiary/aromatic N) is 1. The first-order chi connectivity index (χ1) is 9.38. The van der Waals surface area contributed by atoms with Crippen LogP contribution in [-0.2, 0) is 6.18 Å². The molecule has 20 heavy (non-hydrogen) atoms. The molecule has 0 radical (unpaired) electrons. The monoisotopic (exact) mass is 284 g/mol. The van der Waals surface area contributed by atoms with E-state index in [1.807, 2.05) is 0 Å². The van der Waals surface area contributed by atoms with E-state index in [0.717, 1.165) is 12.3 Å². The van der Waals surface area contributed by atoms with E-state index in [0.29, 0.717) is 5.57 Å². The molecule has 0 amide bonds. The van der Waals surface area contributed by atoms with Crippen LogP contribution in [0.4, 0.5) is 13.2 Å². The van der Waals surface area contributed by atoms with Gasteiger partial charge in [-0.25, -0.2) is 0 Å². The number of ether oxygens (including phenoxy) is 1. The fourth-order valence-corrected chi connectivity index (χ4v) is 1.41. The molecule has 0 aromatic carbocycles. The second kappa shape index (κ2) is 6.91. The molecule has 0 aliphatic rings. The summed E-state index contributed by atoms with van der Waals surface area (Å²) in [4.78, 5) is 3.49. The summed E-state index contributed by atoms with van der Waals surface area (Å²) in [6.45, 7) is 7.13. The normalized spacial score (nSPS) is 13.7. The molecule has 0 fully saturated rings. The maximum Gasteiger partial charge on any atom is 0.418 e. The molecule has 1 unspecified atom stereocenters. The molecule has 108 valence electrons. The molecule has 6 heteroatoms. The molecule has 1 heterocycles. The molecule has 1 rings (SSSR count). The fourth-order valence-electron chi connectivity index (χ4n) is 1.41. The first-order valence-corrected chi connectivity index (χ1v) is 5.74. The van der Waals surface area contributed by atoms with Crippen LogP contribution in [-0.4, -0.2) is 17.6 Å². The molecule has 0 aliphatic carbocycles. The minimum atomic E-state index is -4.45. The van der Waals surface area contributed by atoms with Crippen molar-refractivity contribution < 1.29 is 17.9 Å². The third-order valence-corrected chi connectivity index (χ3v) is 2.44. The van der Waals surface area contributed by atoms with Crippen molar-refractivity contribution in [2.45, 2.75) is 12.2 Å². The number of hydrogen-bond acceptors (Lipinski definition) is 3. The first-order valence-electron chi connectivity index (χ1n) is 5.74. The van der Waals surface area contributed by atoms with Gasteiger partial charge < -0.3 is 10.5 Å². The van der Waals surface area contributed by atoms with E-state index >= 15 is 0 Å². The van der Waals surface area contributed by atoms with Crippen LogP contribution in [0.15, 0.2) is 55.4 Å². The first kappa shape index (κ1) is 16.0. The maximum atomic E-state index is 12.5. The number of aromatic nitrogens is 1. The standard InChI is InChI=1S/C14H15F3N2O/c1-3-5-10(4-2)13(18)9-20-12-6-11(7-19-8-12)14(15,16)17/h3-8,13H,1-2,9,18H2/b10-5+. The van der Waals surface area contributed by atoms with Gasteiger partial charge >= 0.3 is 6.18 Å². The Morgan fingerprint density at radius 2 is 2.10 bits per heavy atom. The minimum Gasteiger partial charge on any atom is -0.490 e. The minimum absolute atomic E-state index is 0.00861. The smallest absolute Gasteiger partial charge is 0.418 e.